The predicted molar refractivity (Wildman–Crippen MR) is 105 cm³/mol. The molecule has 28 heavy (non-hydrogen) atoms. The topological polar surface area (TPSA) is 52.6 Å². The Morgan fingerprint density at radius 2 is 1.89 bits per heavy atom. The van der Waals surface area contributed by atoms with Crippen molar-refractivity contribution in [2.75, 3.05) is 0 Å². The number of fused-ring (bicyclic) bond motifs is 6. The standard InChI is InChI=1S/C24H32O4/c1-15(25)27-17-6-10-22(2)16(14-17)4-5-18-19(22)7-11-23(3)20(18)8-12-24(23)13-9-21(26)28-24/h4-5,14,17-20H,6-13H2,1-3H3/t17-,18+,19?,20?,22-,23-,24+/m0/s1. The Morgan fingerprint density at radius 1 is 1.11 bits per heavy atom. The van der Waals surface area contributed by atoms with E-state index in [1.54, 1.807) is 0 Å². The van der Waals surface area contributed by atoms with E-state index in [-0.39, 0.29) is 34.5 Å². The summed E-state index contributed by atoms with van der Waals surface area (Å²) in [6.45, 7) is 6.32. The first kappa shape index (κ1) is 18.4. The van der Waals surface area contributed by atoms with Gasteiger partial charge in [0.15, 0.2) is 0 Å². The van der Waals surface area contributed by atoms with Crippen LogP contribution in [0.5, 0.6) is 0 Å². The van der Waals surface area contributed by atoms with E-state index in [1.165, 1.54) is 25.3 Å². The molecule has 1 heterocycles. The summed E-state index contributed by atoms with van der Waals surface area (Å²) in [6.07, 6.45) is 14.9. The number of ether oxygens (including phenoxy) is 2. The molecule has 0 radical (unpaired) electrons. The monoisotopic (exact) mass is 384 g/mol. The highest BCUT2D eigenvalue weighted by Gasteiger charge is 2.66. The molecular weight excluding hydrogens is 352 g/mol. The summed E-state index contributed by atoms with van der Waals surface area (Å²) >= 11 is 0. The minimum absolute atomic E-state index is 0.00385. The Bertz CT molecular complexity index is 781. The van der Waals surface area contributed by atoms with Gasteiger partial charge in [0.2, 0.25) is 0 Å². The lowest BCUT2D eigenvalue weighted by atomic mass is 9.48. The smallest absolute Gasteiger partial charge is 0.306 e. The summed E-state index contributed by atoms with van der Waals surface area (Å²) in [4.78, 5) is 23.4. The lowest BCUT2D eigenvalue weighted by Crippen LogP contribution is -2.53. The van der Waals surface area contributed by atoms with Crippen molar-refractivity contribution >= 4 is 11.9 Å². The molecule has 1 spiro atoms. The Labute approximate surface area is 167 Å². The zero-order valence-corrected chi connectivity index (χ0v) is 17.3. The average Bonchev–Trinajstić information content (AvgIpc) is 3.16. The van der Waals surface area contributed by atoms with Gasteiger partial charge in [-0.25, -0.2) is 0 Å². The van der Waals surface area contributed by atoms with Crippen LogP contribution in [0.15, 0.2) is 23.8 Å². The molecule has 0 N–H and O–H groups in total. The Balaban J connectivity index is 1.46. The summed E-state index contributed by atoms with van der Waals surface area (Å²) in [5.41, 5.74) is 1.42. The van der Waals surface area contributed by atoms with Crippen molar-refractivity contribution in [3.05, 3.63) is 23.8 Å². The van der Waals surface area contributed by atoms with Gasteiger partial charge in [-0.15, -0.1) is 0 Å². The van der Waals surface area contributed by atoms with Gasteiger partial charge in [0.1, 0.15) is 11.7 Å². The lowest BCUT2D eigenvalue weighted by Gasteiger charge is -2.57. The molecule has 152 valence electrons. The molecule has 5 rings (SSSR count). The van der Waals surface area contributed by atoms with Crippen LogP contribution in [0.1, 0.15) is 72.1 Å². The highest BCUT2D eigenvalue weighted by molar-refractivity contribution is 5.72. The number of carbonyl (C=O) groups is 2. The highest BCUT2D eigenvalue weighted by Crippen LogP contribution is 2.68. The van der Waals surface area contributed by atoms with Gasteiger partial charge in [-0.05, 0) is 79.8 Å². The molecule has 3 fully saturated rings. The quantitative estimate of drug-likeness (QED) is 0.613. The van der Waals surface area contributed by atoms with E-state index in [0.717, 1.165) is 32.1 Å². The molecule has 4 heteroatoms. The zero-order valence-electron chi connectivity index (χ0n) is 17.3. The van der Waals surface area contributed by atoms with Gasteiger partial charge in [-0.3, -0.25) is 9.59 Å². The van der Waals surface area contributed by atoms with Crippen LogP contribution in [0.4, 0.5) is 0 Å². The number of hydrogen-bond acceptors (Lipinski definition) is 4. The zero-order chi connectivity index (χ0) is 19.7. The average molecular weight is 385 g/mol. The van der Waals surface area contributed by atoms with E-state index >= 15 is 0 Å². The van der Waals surface area contributed by atoms with Crippen molar-refractivity contribution in [2.24, 2.45) is 28.6 Å². The second-order valence-electron chi connectivity index (χ2n) is 10.3. The van der Waals surface area contributed by atoms with Crippen LogP contribution in [0.2, 0.25) is 0 Å². The number of esters is 2. The maximum absolute atomic E-state index is 12.0. The van der Waals surface area contributed by atoms with Gasteiger partial charge in [-0.2, -0.15) is 0 Å². The molecule has 0 bridgehead atoms. The van der Waals surface area contributed by atoms with Crippen LogP contribution in [-0.4, -0.2) is 23.6 Å². The molecule has 0 aromatic rings. The third kappa shape index (κ3) is 2.35. The van der Waals surface area contributed by atoms with E-state index in [2.05, 4.69) is 32.1 Å². The molecule has 1 aliphatic heterocycles. The molecule has 4 nitrogen and oxygen atoms in total. The molecule has 0 aromatic heterocycles. The van der Waals surface area contributed by atoms with E-state index in [1.807, 2.05) is 0 Å². The van der Waals surface area contributed by atoms with Crippen molar-refractivity contribution in [3.8, 4) is 0 Å². The second-order valence-corrected chi connectivity index (χ2v) is 10.3. The van der Waals surface area contributed by atoms with Gasteiger partial charge >= 0.3 is 11.9 Å². The van der Waals surface area contributed by atoms with Crippen LogP contribution in [0, 0.1) is 28.6 Å². The molecule has 1 saturated heterocycles. The number of allylic oxidation sites excluding steroid dienone is 3. The van der Waals surface area contributed by atoms with Gasteiger partial charge < -0.3 is 9.47 Å². The Hall–Kier alpha value is -1.58. The van der Waals surface area contributed by atoms with Crippen molar-refractivity contribution in [1.82, 2.24) is 0 Å². The first-order valence-electron chi connectivity index (χ1n) is 11.1. The van der Waals surface area contributed by atoms with E-state index in [9.17, 15) is 9.59 Å². The van der Waals surface area contributed by atoms with E-state index < -0.39 is 0 Å². The highest BCUT2D eigenvalue weighted by atomic mass is 16.6. The molecule has 2 saturated carbocycles. The van der Waals surface area contributed by atoms with Gasteiger partial charge in [0.25, 0.3) is 0 Å². The molecular formula is C24H32O4. The van der Waals surface area contributed by atoms with Gasteiger partial charge in [0, 0.05) is 18.8 Å². The third-order valence-corrected chi connectivity index (χ3v) is 9.27. The number of carbonyl (C=O) groups excluding carboxylic acids is 2. The maximum Gasteiger partial charge on any atom is 0.306 e. The van der Waals surface area contributed by atoms with Crippen LogP contribution >= 0.6 is 0 Å². The summed E-state index contributed by atoms with van der Waals surface area (Å²) < 4.78 is 11.5. The fourth-order valence-electron chi connectivity index (χ4n) is 7.73. The summed E-state index contributed by atoms with van der Waals surface area (Å²) in [5, 5.41) is 0. The minimum Gasteiger partial charge on any atom is -0.458 e. The summed E-state index contributed by atoms with van der Waals surface area (Å²) in [6, 6.07) is 0. The van der Waals surface area contributed by atoms with Crippen molar-refractivity contribution in [1.29, 1.82) is 0 Å². The SMILES string of the molecule is CC(=O)O[C@@H]1C=C2C=C[C@@H]3C(CC[C@@]4(C)C3CC[C@@]43CCC(=O)O3)[C@@]2(C)CC1. The predicted octanol–water partition coefficient (Wildman–Crippen LogP) is 4.73. The first-order chi connectivity index (χ1) is 13.3. The first-order valence-corrected chi connectivity index (χ1v) is 11.1. The van der Waals surface area contributed by atoms with Crippen LogP contribution in [0.3, 0.4) is 0 Å². The molecule has 2 unspecified atom stereocenters. The van der Waals surface area contributed by atoms with Gasteiger partial charge in [0.05, 0.1) is 0 Å². The second kappa shape index (κ2) is 5.96. The van der Waals surface area contributed by atoms with Crippen LogP contribution in [0.25, 0.3) is 0 Å². The van der Waals surface area contributed by atoms with Gasteiger partial charge in [-0.1, -0.05) is 26.0 Å². The number of rotatable bonds is 1. The molecule has 7 atom stereocenters. The molecule has 0 aromatic carbocycles. The van der Waals surface area contributed by atoms with Crippen LogP contribution in [-0.2, 0) is 19.1 Å². The van der Waals surface area contributed by atoms with Crippen LogP contribution < -0.4 is 0 Å². The fraction of sp³-hybridized carbons (Fsp3) is 0.750. The molecule has 0 amide bonds. The number of hydrogen-bond donors (Lipinski definition) is 0. The molecule has 5 aliphatic rings. The molecule has 4 aliphatic carbocycles. The Kier molecular flexibility index (Phi) is 3.93. The van der Waals surface area contributed by atoms with E-state index in [0.29, 0.717) is 24.2 Å². The minimum atomic E-state index is -0.211. The third-order valence-electron chi connectivity index (χ3n) is 9.27. The fourth-order valence-corrected chi connectivity index (χ4v) is 7.73. The normalized spacial score (nSPS) is 49.1. The van der Waals surface area contributed by atoms with Crippen molar-refractivity contribution in [3.63, 3.8) is 0 Å². The largest absolute Gasteiger partial charge is 0.458 e. The summed E-state index contributed by atoms with van der Waals surface area (Å²) in [5.74, 6) is 1.60. The lowest BCUT2D eigenvalue weighted by molar-refractivity contribution is -0.165. The van der Waals surface area contributed by atoms with Crippen molar-refractivity contribution < 1.29 is 19.1 Å². The van der Waals surface area contributed by atoms with E-state index in [4.69, 9.17) is 9.47 Å². The van der Waals surface area contributed by atoms with Crippen molar-refractivity contribution in [2.45, 2.75) is 83.8 Å². The summed E-state index contributed by atoms with van der Waals surface area (Å²) in [7, 11) is 0. The Morgan fingerprint density at radius 3 is 2.61 bits per heavy atom. The maximum atomic E-state index is 12.0.